The third-order valence-corrected chi connectivity index (χ3v) is 12.5. The van der Waals surface area contributed by atoms with Gasteiger partial charge in [-0.3, -0.25) is 0 Å². The monoisotopic (exact) mass is 793 g/mol. The van der Waals surface area contributed by atoms with Gasteiger partial charge in [-0.15, -0.1) is 29.3 Å². The summed E-state index contributed by atoms with van der Waals surface area (Å²) in [5.74, 6) is 2.63. The first-order chi connectivity index (χ1) is 29.1. The molecule has 0 atom stereocenters. The van der Waals surface area contributed by atoms with E-state index in [2.05, 4.69) is 140 Å². The highest BCUT2D eigenvalue weighted by Crippen LogP contribution is 2.43. The average Bonchev–Trinajstić information content (AvgIpc) is 3.88. The molecule has 59 heavy (non-hydrogen) atoms. The molecule has 0 aliphatic carbocycles. The van der Waals surface area contributed by atoms with Gasteiger partial charge in [0.05, 0.1) is 15.9 Å². The molecule has 0 fully saturated rings. The minimum Gasteiger partial charge on any atom is -0.226 e. The highest BCUT2D eigenvalue weighted by molar-refractivity contribution is 7.26. The number of aromatic nitrogens is 5. The number of fused-ring (bicyclic) bond motifs is 6. The van der Waals surface area contributed by atoms with Crippen LogP contribution >= 0.6 is 22.7 Å². The first-order valence-electron chi connectivity index (χ1n) is 19.4. The molecule has 0 bridgehead atoms. The summed E-state index contributed by atoms with van der Waals surface area (Å²) < 4.78 is 4.63. The Balaban J connectivity index is 0.00000136. The second kappa shape index (κ2) is 15.6. The molecule has 0 N–H and O–H groups in total. The minimum absolute atomic E-state index is 0.634. The van der Waals surface area contributed by atoms with Crippen LogP contribution in [0, 0.1) is 0 Å². The second-order valence-corrected chi connectivity index (χ2v) is 16.2. The molecule has 7 heteroatoms. The summed E-state index contributed by atoms with van der Waals surface area (Å²) in [6.07, 6.45) is 1.75. The molecule has 5 nitrogen and oxygen atoms in total. The first-order valence-corrected chi connectivity index (χ1v) is 21.0. The molecule has 11 aromatic rings. The molecule has 0 unspecified atom stereocenters. The maximum atomic E-state index is 5.24. The van der Waals surface area contributed by atoms with Gasteiger partial charge in [0.1, 0.15) is 0 Å². The van der Waals surface area contributed by atoms with Crippen LogP contribution in [0.2, 0.25) is 0 Å². The largest absolute Gasteiger partial charge is 0.226 e. The van der Waals surface area contributed by atoms with Crippen molar-refractivity contribution in [1.82, 2.24) is 24.9 Å². The number of nitrogens with zero attached hydrogens (tertiary/aromatic N) is 5. The molecule has 280 valence electrons. The molecule has 0 saturated heterocycles. The maximum Gasteiger partial charge on any atom is 0.164 e. The van der Waals surface area contributed by atoms with Crippen molar-refractivity contribution in [2.45, 2.75) is 6.92 Å². The summed E-state index contributed by atoms with van der Waals surface area (Å²) in [7, 11) is 0. The Labute approximate surface area is 349 Å². The number of thiophene rings is 2. The van der Waals surface area contributed by atoms with Crippen molar-refractivity contribution in [3.63, 3.8) is 0 Å². The molecule has 4 heterocycles. The van der Waals surface area contributed by atoms with Crippen LogP contribution < -0.4 is 0 Å². The van der Waals surface area contributed by atoms with Crippen molar-refractivity contribution in [3.05, 3.63) is 189 Å². The Kier molecular flexibility index (Phi) is 9.58. The van der Waals surface area contributed by atoms with Crippen molar-refractivity contribution in [3.8, 4) is 67.9 Å². The summed E-state index contributed by atoms with van der Waals surface area (Å²) in [6, 6.07) is 60.9. The van der Waals surface area contributed by atoms with Crippen LogP contribution in [0.4, 0.5) is 0 Å². The third-order valence-electron chi connectivity index (χ3n) is 10.2. The van der Waals surface area contributed by atoms with E-state index < -0.39 is 0 Å². The molecule has 0 aliphatic rings. The highest BCUT2D eigenvalue weighted by Gasteiger charge is 2.20. The van der Waals surface area contributed by atoms with E-state index in [1.807, 2.05) is 49.4 Å². The lowest BCUT2D eigenvalue weighted by atomic mass is 10.0. The Bertz CT molecular complexity index is 3280. The predicted molar refractivity (Wildman–Crippen MR) is 250 cm³/mol. The van der Waals surface area contributed by atoms with Gasteiger partial charge in [-0.2, -0.15) is 0 Å². The molecule has 0 amide bonds. The van der Waals surface area contributed by atoms with E-state index in [0.29, 0.717) is 23.3 Å². The second-order valence-electron chi connectivity index (χ2n) is 14.1. The van der Waals surface area contributed by atoms with E-state index in [0.717, 1.165) is 74.8 Å². The summed E-state index contributed by atoms with van der Waals surface area (Å²) >= 11 is 3.52. The van der Waals surface area contributed by atoms with Crippen LogP contribution in [0.3, 0.4) is 0 Å². The van der Waals surface area contributed by atoms with Gasteiger partial charge in [0.25, 0.3) is 0 Å². The Hall–Kier alpha value is -7.19. The van der Waals surface area contributed by atoms with E-state index in [9.17, 15) is 0 Å². The molecule has 0 spiro atoms. The van der Waals surface area contributed by atoms with Crippen molar-refractivity contribution >= 4 is 63.1 Å². The fourth-order valence-electron chi connectivity index (χ4n) is 7.45. The van der Waals surface area contributed by atoms with Gasteiger partial charge >= 0.3 is 0 Å². The molecule has 11 rings (SSSR count). The first kappa shape index (κ1) is 36.2. The van der Waals surface area contributed by atoms with Gasteiger partial charge in [0.15, 0.2) is 23.3 Å². The normalized spacial score (nSPS) is 11.2. The van der Waals surface area contributed by atoms with Crippen LogP contribution in [0.5, 0.6) is 0 Å². The minimum atomic E-state index is 0.634. The van der Waals surface area contributed by atoms with Gasteiger partial charge in [-0.25, -0.2) is 24.9 Å². The number of hydrogen-bond donors (Lipinski definition) is 0. The van der Waals surface area contributed by atoms with E-state index in [4.69, 9.17) is 24.9 Å². The molecular weight excluding hydrogens is 759 g/mol. The van der Waals surface area contributed by atoms with Crippen LogP contribution in [0.1, 0.15) is 6.92 Å². The van der Waals surface area contributed by atoms with Crippen molar-refractivity contribution in [2.24, 2.45) is 0 Å². The van der Waals surface area contributed by atoms with Crippen molar-refractivity contribution in [1.29, 1.82) is 0 Å². The third kappa shape index (κ3) is 6.86. The zero-order chi connectivity index (χ0) is 39.7. The fourth-order valence-corrected chi connectivity index (χ4v) is 9.77. The lowest BCUT2D eigenvalue weighted by molar-refractivity contribution is 1.08. The van der Waals surface area contributed by atoms with Crippen LogP contribution in [-0.4, -0.2) is 24.9 Å². The molecule has 7 aromatic carbocycles. The van der Waals surface area contributed by atoms with Crippen LogP contribution in [0.25, 0.3) is 108 Å². The van der Waals surface area contributed by atoms with Gasteiger partial charge in [0.2, 0.25) is 0 Å². The quantitative estimate of drug-likeness (QED) is 0.157. The summed E-state index contributed by atoms with van der Waals surface area (Å²) in [5.41, 5.74) is 9.17. The number of rotatable bonds is 6. The highest BCUT2D eigenvalue weighted by atomic mass is 32.1. The summed E-state index contributed by atoms with van der Waals surface area (Å²) in [5, 5.41) is 3.42. The van der Waals surface area contributed by atoms with E-state index in [1.54, 1.807) is 28.7 Å². The van der Waals surface area contributed by atoms with Crippen molar-refractivity contribution < 1.29 is 0 Å². The van der Waals surface area contributed by atoms with Gasteiger partial charge in [-0.1, -0.05) is 164 Å². The van der Waals surface area contributed by atoms with Crippen LogP contribution in [0.15, 0.2) is 189 Å². The lowest BCUT2D eigenvalue weighted by Gasteiger charge is -2.10. The Morgan fingerprint density at radius 1 is 0.407 bits per heavy atom. The standard InChI is InChI=1S/C49H29N5S2.C3H6/c1-4-13-30(14-5-1)31-23-25-34(26-24-31)47-52-46(33-17-8-3-9-18-33)53-49(54-47)38-20-12-22-40-42(38)36-28-27-35(29-41(36)55-40)48-50-43(32-15-6-2-7-16-32)45-44(51-48)37-19-10-11-21-39(37)56-45;1-3-2/h1-29H;3H,1H2,2H3. The number of allylic oxidation sites excluding steroid dienone is 1. The summed E-state index contributed by atoms with van der Waals surface area (Å²) in [6.45, 7) is 5.25. The lowest BCUT2D eigenvalue weighted by Crippen LogP contribution is -2.00. The van der Waals surface area contributed by atoms with Gasteiger partial charge < -0.3 is 0 Å². The SMILES string of the molecule is C=CC.c1ccc(-c2ccc(-c3nc(-c4ccccc4)nc(-c4cccc5sc6cc(-c7nc(-c8ccccc8)c8sc9ccccc9c8n7)ccc6c45)n3)cc2)cc1. The maximum absolute atomic E-state index is 5.24. The van der Waals surface area contributed by atoms with Crippen molar-refractivity contribution in [2.75, 3.05) is 0 Å². The van der Waals surface area contributed by atoms with Gasteiger partial charge in [-0.05, 0) is 36.2 Å². The van der Waals surface area contributed by atoms with E-state index in [-0.39, 0.29) is 0 Å². The van der Waals surface area contributed by atoms with Gasteiger partial charge in [0, 0.05) is 58.1 Å². The van der Waals surface area contributed by atoms with E-state index >= 15 is 0 Å². The number of benzene rings is 7. The molecule has 0 radical (unpaired) electrons. The molecule has 0 saturated carbocycles. The molecule has 0 aliphatic heterocycles. The molecular formula is C52H35N5S2. The van der Waals surface area contributed by atoms with Crippen LogP contribution in [-0.2, 0) is 0 Å². The zero-order valence-electron chi connectivity index (χ0n) is 32.1. The topological polar surface area (TPSA) is 64.5 Å². The fraction of sp³-hybridized carbons (Fsp3) is 0.0192. The number of hydrogen-bond acceptors (Lipinski definition) is 7. The Morgan fingerprint density at radius 2 is 0.932 bits per heavy atom. The summed E-state index contributed by atoms with van der Waals surface area (Å²) in [4.78, 5) is 25.7. The zero-order valence-corrected chi connectivity index (χ0v) is 33.7. The molecule has 4 aromatic heterocycles. The average molecular weight is 794 g/mol. The van der Waals surface area contributed by atoms with E-state index in [1.165, 1.54) is 10.3 Å². The Morgan fingerprint density at radius 3 is 1.64 bits per heavy atom. The predicted octanol–water partition coefficient (Wildman–Crippen LogP) is 14.6. The smallest absolute Gasteiger partial charge is 0.164 e.